The number of nitrogens with two attached hydrogens (primary N) is 1. The second-order valence-corrected chi connectivity index (χ2v) is 8.62. The number of ether oxygens (including phenoxy) is 2. The van der Waals surface area contributed by atoms with Crippen LogP contribution in [0.5, 0.6) is 0 Å². The predicted octanol–water partition coefficient (Wildman–Crippen LogP) is 2.54. The summed E-state index contributed by atoms with van der Waals surface area (Å²) in [6, 6.07) is 7.71. The molecule has 0 fully saturated rings. The standard InChI is InChI=1S/C26H42N4O6/c1-3-4-5-10-17-28-25(33)22(30-24(32)21(27)15-16-23(31)35-2)14-9-11-18-29-26(34)36-19-20-12-7-6-8-13-20/h6-8,12-13,21-22H,3-5,9-11,14-19,27H2,1-2H3,(H,28,33)(H,29,34)(H,30,32). The number of unbranched alkanes of at least 4 members (excludes halogenated alkanes) is 4. The fraction of sp³-hybridized carbons (Fsp3) is 0.615. The van der Waals surface area contributed by atoms with Crippen LogP contribution in [0.4, 0.5) is 4.79 Å². The third kappa shape index (κ3) is 14.3. The minimum atomic E-state index is -0.926. The number of hydrogen-bond acceptors (Lipinski definition) is 7. The van der Waals surface area contributed by atoms with Crippen molar-refractivity contribution in [3.63, 3.8) is 0 Å². The Morgan fingerprint density at radius 2 is 1.58 bits per heavy atom. The van der Waals surface area contributed by atoms with E-state index in [0.29, 0.717) is 32.4 Å². The monoisotopic (exact) mass is 506 g/mol. The molecule has 1 aromatic carbocycles. The van der Waals surface area contributed by atoms with Crippen LogP contribution < -0.4 is 21.7 Å². The van der Waals surface area contributed by atoms with Crippen LogP contribution in [0.3, 0.4) is 0 Å². The van der Waals surface area contributed by atoms with E-state index in [4.69, 9.17) is 10.5 Å². The second kappa shape index (κ2) is 19.1. The van der Waals surface area contributed by atoms with Crippen molar-refractivity contribution in [2.75, 3.05) is 20.2 Å². The van der Waals surface area contributed by atoms with E-state index in [9.17, 15) is 19.2 Å². The number of nitrogens with one attached hydrogen (secondary N) is 3. The SMILES string of the molecule is CCCCCCNC(=O)C(CCCCNC(=O)OCc1ccccc1)NC(=O)C(N)CCC(=O)OC. The lowest BCUT2D eigenvalue weighted by atomic mass is 10.1. The maximum Gasteiger partial charge on any atom is 0.407 e. The van der Waals surface area contributed by atoms with Gasteiger partial charge in [-0.05, 0) is 37.7 Å². The number of amides is 3. The first kappa shape index (κ1) is 30.9. The Labute approximate surface area is 214 Å². The Hall–Kier alpha value is -3.14. The van der Waals surface area contributed by atoms with E-state index >= 15 is 0 Å². The number of methoxy groups -OCH3 is 1. The molecule has 1 rings (SSSR count). The first-order valence-corrected chi connectivity index (χ1v) is 12.7. The van der Waals surface area contributed by atoms with Gasteiger partial charge < -0.3 is 31.2 Å². The van der Waals surface area contributed by atoms with Gasteiger partial charge in [-0.15, -0.1) is 0 Å². The minimum absolute atomic E-state index is 0.0193. The molecule has 0 aliphatic carbocycles. The lowest BCUT2D eigenvalue weighted by Crippen LogP contribution is -2.51. The van der Waals surface area contributed by atoms with Crippen molar-refractivity contribution in [2.24, 2.45) is 5.73 Å². The number of carbonyl (C=O) groups is 4. The van der Waals surface area contributed by atoms with E-state index in [-0.39, 0.29) is 25.4 Å². The molecule has 0 radical (unpaired) electrons. The van der Waals surface area contributed by atoms with Crippen LogP contribution in [-0.2, 0) is 30.5 Å². The number of carbonyl (C=O) groups excluding carboxylic acids is 4. The molecular weight excluding hydrogens is 464 g/mol. The van der Waals surface area contributed by atoms with Gasteiger partial charge >= 0.3 is 12.1 Å². The molecule has 2 unspecified atom stereocenters. The summed E-state index contributed by atoms with van der Waals surface area (Å²) in [7, 11) is 1.27. The van der Waals surface area contributed by atoms with Gasteiger partial charge in [-0.1, -0.05) is 56.5 Å². The zero-order valence-corrected chi connectivity index (χ0v) is 21.6. The summed E-state index contributed by atoms with van der Waals surface area (Å²) in [4.78, 5) is 48.4. The molecule has 0 aromatic heterocycles. The van der Waals surface area contributed by atoms with E-state index in [1.807, 2.05) is 30.3 Å². The van der Waals surface area contributed by atoms with E-state index in [1.165, 1.54) is 7.11 Å². The van der Waals surface area contributed by atoms with E-state index < -0.39 is 30.1 Å². The summed E-state index contributed by atoms with van der Waals surface area (Å²) in [5.74, 6) is -1.21. The number of esters is 1. The molecule has 10 heteroatoms. The number of hydrogen-bond donors (Lipinski definition) is 4. The van der Waals surface area contributed by atoms with Crippen molar-refractivity contribution in [2.45, 2.75) is 83.4 Å². The Morgan fingerprint density at radius 1 is 0.889 bits per heavy atom. The highest BCUT2D eigenvalue weighted by molar-refractivity contribution is 5.89. The molecular formula is C26H42N4O6. The Bertz CT molecular complexity index is 790. The lowest BCUT2D eigenvalue weighted by Gasteiger charge is -2.21. The predicted molar refractivity (Wildman–Crippen MR) is 137 cm³/mol. The highest BCUT2D eigenvalue weighted by atomic mass is 16.5. The average molecular weight is 507 g/mol. The molecule has 3 amide bonds. The first-order chi connectivity index (χ1) is 17.4. The quantitative estimate of drug-likeness (QED) is 0.177. The molecule has 10 nitrogen and oxygen atoms in total. The molecule has 0 aliphatic rings. The van der Waals surface area contributed by atoms with Gasteiger partial charge in [0.1, 0.15) is 12.6 Å². The molecule has 0 saturated heterocycles. The van der Waals surface area contributed by atoms with Crippen LogP contribution in [0.15, 0.2) is 30.3 Å². The molecule has 0 aliphatic heterocycles. The van der Waals surface area contributed by atoms with Gasteiger partial charge in [0.25, 0.3) is 0 Å². The van der Waals surface area contributed by atoms with Crippen molar-refractivity contribution >= 4 is 23.9 Å². The lowest BCUT2D eigenvalue weighted by molar-refractivity contribution is -0.141. The molecule has 5 N–H and O–H groups in total. The smallest absolute Gasteiger partial charge is 0.407 e. The third-order valence-corrected chi connectivity index (χ3v) is 5.59. The average Bonchev–Trinajstić information content (AvgIpc) is 2.89. The first-order valence-electron chi connectivity index (χ1n) is 12.7. The van der Waals surface area contributed by atoms with Crippen LogP contribution in [0.25, 0.3) is 0 Å². The van der Waals surface area contributed by atoms with Gasteiger partial charge in [0.15, 0.2) is 0 Å². The molecule has 202 valence electrons. The summed E-state index contributed by atoms with van der Waals surface area (Å²) in [5.41, 5.74) is 6.79. The van der Waals surface area contributed by atoms with Crippen LogP contribution in [0.2, 0.25) is 0 Å². The number of benzene rings is 1. The molecule has 36 heavy (non-hydrogen) atoms. The topological polar surface area (TPSA) is 149 Å². The largest absolute Gasteiger partial charge is 0.469 e. The van der Waals surface area contributed by atoms with Crippen LogP contribution in [0, 0.1) is 0 Å². The molecule has 0 spiro atoms. The van der Waals surface area contributed by atoms with Gasteiger partial charge in [-0.3, -0.25) is 14.4 Å². The van der Waals surface area contributed by atoms with Gasteiger partial charge in [0.2, 0.25) is 11.8 Å². The van der Waals surface area contributed by atoms with Crippen molar-refractivity contribution < 1.29 is 28.7 Å². The molecule has 1 aromatic rings. The van der Waals surface area contributed by atoms with E-state index in [2.05, 4.69) is 27.6 Å². The Kier molecular flexibility index (Phi) is 16.4. The highest BCUT2D eigenvalue weighted by Gasteiger charge is 2.23. The number of alkyl carbamates (subject to hydrolysis) is 1. The maximum absolute atomic E-state index is 12.7. The Morgan fingerprint density at radius 3 is 2.28 bits per heavy atom. The van der Waals surface area contributed by atoms with Gasteiger partial charge in [-0.25, -0.2) is 4.79 Å². The fourth-order valence-corrected chi connectivity index (χ4v) is 3.38. The maximum atomic E-state index is 12.7. The number of rotatable bonds is 18. The normalized spacial score (nSPS) is 12.2. The summed E-state index contributed by atoms with van der Waals surface area (Å²) < 4.78 is 9.75. The minimum Gasteiger partial charge on any atom is -0.469 e. The molecule has 0 heterocycles. The van der Waals surface area contributed by atoms with Gasteiger partial charge in [0.05, 0.1) is 13.2 Å². The molecule has 0 saturated carbocycles. The van der Waals surface area contributed by atoms with Crippen LogP contribution in [-0.4, -0.2) is 56.2 Å². The van der Waals surface area contributed by atoms with Gasteiger partial charge in [-0.2, -0.15) is 0 Å². The highest BCUT2D eigenvalue weighted by Crippen LogP contribution is 2.05. The summed E-state index contributed by atoms with van der Waals surface area (Å²) in [5, 5.41) is 8.28. The van der Waals surface area contributed by atoms with Crippen molar-refractivity contribution in [1.82, 2.24) is 16.0 Å². The fourth-order valence-electron chi connectivity index (χ4n) is 3.38. The summed E-state index contributed by atoms with van der Waals surface area (Å²) in [6.45, 7) is 3.22. The van der Waals surface area contributed by atoms with Crippen molar-refractivity contribution in [3.8, 4) is 0 Å². The van der Waals surface area contributed by atoms with Gasteiger partial charge in [0, 0.05) is 19.5 Å². The summed E-state index contributed by atoms with van der Waals surface area (Å²) in [6.07, 6.45) is 5.31. The zero-order valence-electron chi connectivity index (χ0n) is 21.6. The van der Waals surface area contributed by atoms with Crippen LogP contribution in [0.1, 0.15) is 70.3 Å². The van der Waals surface area contributed by atoms with Crippen molar-refractivity contribution in [1.29, 1.82) is 0 Å². The van der Waals surface area contributed by atoms with E-state index in [0.717, 1.165) is 31.2 Å². The van der Waals surface area contributed by atoms with Crippen molar-refractivity contribution in [3.05, 3.63) is 35.9 Å². The second-order valence-electron chi connectivity index (χ2n) is 8.62. The molecule has 2 atom stereocenters. The van der Waals surface area contributed by atoms with Crippen LogP contribution >= 0.6 is 0 Å². The summed E-state index contributed by atoms with van der Waals surface area (Å²) >= 11 is 0. The van der Waals surface area contributed by atoms with E-state index in [1.54, 1.807) is 0 Å². The third-order valence-electron chi connectivity index (χ3n) is 5.59. The molecule has 0 bridgehead atoms. The Balaban J connectivity index is 2.45. The zero-order chi connectivity index (χ0) is 26.6.